The van der Waals surface area contributed by atoms with E-state index in [1.807, 2.05) is 109 Å². The molecule has 20 nitrogen and oxygen atoms in total. The van der Waals surface area contributed by atoms with Gasteiger partial charge >= 0.3 is 75.5 Å². The molecule has 0 unspecified atom stereocenters. The number of thiophene rings is 6. The third-order valence-electron chi connectivity index (χ3n) is 9.54. The van der Waals surface area contributed by atoms with Crippen molar-refractivity contribution in [2.45, 2.75) is 0 Å². The van der Waals surface area contributed by atoms with Gasteiger partial charge in [0.1, 0.15) is 0 Å². The third kappa shape index (κ3) is 29.4. The number of pyridine rings is 6. The smallest absolute Gasteiger partial charge is 0.544 e. The molecule has 0 amide bonds. The molecule has 456 valence electrons. The van der Waals surface area contributed by atoms with E-state index < -0.39 is 35.8 Å². The summed E-state index contributed by atoms with van der Waals surface area (Å²) in [5, 5.41) is 70.0. The van der Waals surface area contributed by atoms with Gasteiger partial charge in [-0.3, -0.25) is 19.9 Å². The van der Waals surface area contributed by atoms with Crippen LogP contribution in [-0.2, 0) is 11.0 Å². The molecule has 12 aromatic heterocycles. The Balaban J connectivity index is 0.000000515. The summed E-state index contributed by atoms with van der Waals surface area (Å²) in [5.74, 6) is -6.58. The van der Waals surface area contributed by atoms with Crippen LogP contribution in [0.4, 0.5) is 0 Å². The summed E-state index contributed by atoms with van der Waals surface area (Å²) in [5.41, 5.74) is 6.92. The molecule has 0 aromatic carbocycles. The normalized spacial score (nSPS) is 9.09. The molecular formula is C60H46Ho2N6O14S6+2. The number of aromatic nitrogens is 6. The van der Waals surface area contributed by atoms with E-state index in [9.17, 15) is 59.4 Å². The van der Waals surface area contributed by atoms with Crippen LogP contribution in [0.15, 0.2) is 239 Å². The minimum Gasteiger partial charge on any atom is -0.544 e. The van der Waals surface area contributed by atoms with Crippen LogP contribution in [0.1, 0.15) is 58.0 Å². The van der Waals surface area contributed by atoms with E-state index in [1.54, 1.807) is 93.5 Å². The zero-order valence-electron chi connectivity index (χ0n) is 44.9. The first-order valence-corrected chi connectivity index (χ1v) is 29.1. The molecule has 0 aliphatic heterocycles. The minimum absolute atomic E-state index is 0. The van der Waals surface area contributed by atoms with E-state index >= 15 is 0 Å². The van der Waals surface area contributed by atoms with Gasteiger partial charge in [0.2, 0.25) is 0 Å². The summed E-state index contributed by atoms with van der Waals surface area (Å²) < 4.78 is 0. The number of carboxylic acids is 6. The maximum absolute atomic E-state index is 9.96. The monoisotopic (exact) mass is 1600 g/mol. The molecule has 12 rings (SSSR count). The van der Waals surface area contributed by atoms with Gasteiger partial charge in [0.05, 0.1) is 81.4 Å². The number of hydrogen-bond acceptors (Lipinski definition) is 24. The zero-order valence-corrected chi connectivity index (χ0v) is 53.7. The molecule has 12 heterocycles. The van der Waals surface area contributed by atoms with Crippen LogP contribution < -0.4 is 30.6 Å². The zero-order chi connectivity index (χ0) is 60.3. The largest absolute Gasteiger partial charge is 3.00 e. The number of rotatable bonds is 10. The van der Waals surface area contributed by atoms with E-state index in [-0.39, 0.29) is 116 Å². The Morgan fingerprint density at radius 1 is 0.239 bits per heavy atom. The molecule has 12 aromatic rings. The van der Waals surface area contributed by atoms with Gasteiger partial charge in [0, 0.05) is 54.1 Å². The average Bonchev–Trinajstić information content (AvgIpc) is 4.57. The van der Waals surface area contributed by atoms with Crippen molar-refractivity contribution in [3.05, 3.63) is 268 Å². The first kappa shape index (κ1) is 78.4. The number of carbonyl (C=O) groups excluding carboxylic acids is 6. The van der Waals surface area contributed by atoms with Crippen molar-refractivity contribution >= 4 is 104 Å². The number of aromatic carboxylic acids is 6. The van der Waals surface area contributed by atoms with Crippen molar-refractivity contribution in [1.82, 2.24) is 29.9 Å². The maximum atomic E-state index is 9.96. The van der Waals surface area contributed by atoms with Crippen molar-refractivity contribution in [3.8, 4) is 45.6 Å². The maximum Gasteiger partial charge on any atom is 3.00 e. The first-order chi connectivity index (χ1) is 40.7. The van der Waals surface area contributed by atoms with Gasteiger partial charge in [-0.25, -0.2) is 9.97 Å². The van der Waals surface area contributed by atoms with E-state index in [1.165, 1.54) is 104 Å². The Kier molecular flexibility index (Phi) is 39.8. The van der Waals surface area contributed by atoms with Crippen molar-refractivity contribution in [2.75, 3.05) is 0 Å². The summed E-state index contributed by atoms with van der Waals surface area (Å²) in [6.07, 6.45) is 7.07. The summed E-state index contributed by atoms with van der Waals surface area (Å²) in [6.45, 7) is 0. The predicted molar refractivity (Wildman–Crippen MR) is 323 cm³/mol. The summed E-state index contributed by atoms with van der Waals surface area (Å²) >= 11 is 7.01. The second-order valence-electron chi connectivity index (χ2n) is 15.3. The molecule has 0 saturated heterocycles. The Hall–Kier alpha value is -7.64. The molecule has 0 bridgehead atoms. The van der Waals surface area contributed by atoms with Gasteiger partial charge in [-0.05, 0) is 141 Å². The van der Waals surface area contributed by atoms with Crippen molar-refractivity contribution in [1.29, 1.82) is 0 Å². The van der Waals surface area contributed by atoms with E-state index in [2.05, 4.69) is 29.9 Å². The van der Waals surface area contributed by atoms with Crippen molar-refractivity contribution < 1.29 is 146 Å². The molecule has 0 aliphatic rings. The molecule has 0 aliphatic carbocycles. The topological polar surface area (TPSA) is 384 Å². The molecular weight excluding hydrogens is 1550 g/mol. The van der Waals surface area contributed by atoms with Gasteiger partial charge in [-0.1, -0.05) is 72.8 Å². The SMILES string of the molecule is O=C([O-])c1cccs1.O=C([O-])c1cccs1.O=C([O-])c1cccs1.O=C([O-])c1cccs1.O=C([O-])c1cccs1.O=C([O-])c1cccs1.[Ho+3].[Ho+3].[OH3+].[OH3+].c1ccc(-c2cccc(-c3ccccn3)n2)nc1.c1ccc(-c2cccc(-c3ccccn3)n2)nc1. The van der Waals surface area contributed by atoms with E-state index in [0.29, 0.717) is 0 Å². The van der Waals surface area contributed by atoms with Crippen LogP contribution in [0, 0.1) is 75.5 Å². The third-order valence-corrected chi connectivity index (χ3v) is 14.6. The standard InChI is InChI=1S/2C15H11N3.6C5H4O2S.2Ho.2H2O/c2*1-3-10-16-12(6-1)14-8-5-9-15(18-14)13-7-2-4-11-17-13;6*6-5(7)4-2-1-3-8-4;;;;/h2*1-11H;6*1-3H,(H,6,7);;;2*1H2/q;;;;;;;;2*+3;;/p-4. The van der Waals surface area contributed by atoms with E-state index in [4.69, 9.17) is 0 Å². The van der Waals surface area contributed by atoms with E-state index in [0.717, 1.165) is 45.6 Å². The fourth-order valence-electron chi connectivity index (χ4n) is 5.87. The molecule has 0 saturated carbocycles. The van der Waals surface area contributed by atoms with Gasteiger partial charge in [0.15, 0.2) is 0 Å². The number of nitrogens with zero attached hydrogens (tertiary/aromatic N) is 6. The predicted octanol–water partition coefficient (Wildman–Crippen LogP) is 5.24. The molecule has 88 heavy (non-hydrogen) atoms. The molecule has 0 spiro atoms. The van der Waals surface area contributed by atoms with Gasteiger partial charge in [0.25, 0.3) is 0 Å². The van der Waals surface area contributed by atoms with Crippen LogP contribution in [-0.4, -0.2) is 65.7 Å². The Morgan fingerprint density at radius 3 is 0.523 bits per heavy atom. The summed E-state index contributed by atoms with van der Waals surface area (Å²) in [4.78, 5) is 87.8. The Morgan fingerprint density at radius 2 is 0.409 bits per heavy atom. The Bertz CT molecular complexity index is 3240. The minimum atomic E-state index is -1.10. The molecule has 28 heteroatoms. The van der Waals surface area contributed by atoms with Crippen molar-refractivity contribution in [2.24, 2.45) is 0 Å². The number of hydrogen-bond donors (Lipinski definition) is 0. The molecule has 0 radical (unpaired) electrons. The van der Waals surface area contributed by atoms with Crippen LogP contribution in [0.2, 0.25) is 0 Å². The number of carbonyl (C=O) groups is 6. The quantitative estimate of drug-likeness (QED) is 0.125. The summed E-state index contributed by atoms with van der Waals surface area (Å²) in [7, 11) is 0. The summed E-state index contributed by atoms with van der Waals surface area (Å²) in [6, 6.07) is 54.1. The molecule has 0 fully saturated rings. The molecule has 6 N–H and O–H groups in total. The second kappa shape index (κ2) is 44.7. The first-order valence-electron chi connectivity index (χ1n) is 23.8. The second-order valence-corrected chi connectivity index (χ2v) is 21.0. The van der Waals surface area contributed by atoms with Gasteiger partial charge in [-0.2, -0.15) is 0 Å². The van der Waals surface area contributed by atoms with Crippen LogP contribution >= 0.6 is 68.0 Å². The Labute approximate surface area is 586 Å². The molecule has 0 atom stereocenters. The average molecular weight is 1600 g/mol. The fraction of sp³-hybridized carbons (Fsp3) is 0. The van der Waals surface area contributed by atoms with Gasteiger partial charge < -0.3 is 70.4 Å². The van der Waals surface area contributed by atoms with Crippen LogP contribution in [0.3, 0.4) is 0 Å². The number of carboxylic acid groups (broad SMARTS) is 6. The van der Waals surface area contributed by atoms with Crippen molar-refractivity contribution in [3.63, 3.8) is 0 Å². The van der Waals surface area contributed by atoms with Crippen LogP contribution in [0.5, 0.6) is 0 Å². The fourth-order valence-corrected chi connectivity index (χ4v) is 9.21. The van der Waals surface area contributed by atoms with Crippen LogP contribution in [0.25, 0.3) is 45.6 Å². The van der Waals surface area contributed by atoms with Gasteiger partial charge in [-0.15, -0.1) is 68.0 Å².